The average molecular weight is 297 g/mol. The molecule has 1 unspecified atom stereocenters. The molecule has 1 saturated heterocycles. The molecule has 2 aliphatic rings. The highest BCUT2D eigenvalue weighted by Crippen LogP contribution is 2.45. The Bertz CT molecular complexity index is 460. The van der Waals surface area contributed by atoms with Gasteiger partial charge in [0, 0.05) is 12.8 Å². The van der Waals surface area contributed by atoms with Gasteiger partial charge in [0.05, 0.1) is 6.42 Å². The predicted octanol–water partition coefficient (Wildman–Crippen LogP) is 1.01. The summed E-state index contributed by atoms with van der Waals surface area (Å²) in [4.78, 5) is 47.1. The van der Waals surface area contributed by atoms with E-state index in [4.69, 9.17) is 10.2 Å². The van der Waals surface area contributed by atoms with Crippen molar-refractivity contribution in [2.24, 2.45) is 5.41 Å². The van der Waals surface area contributed by atoms with Gasteiger partial charge in [-0.05, 0) is 18.3 Å². The number of carbonyl (C=O) groups excluding carboxylic acids is 2. The number of hydrogen-bond donors (Lipinski definition) is 2. The molecule has 7 nitrogen and oxygen atoms in total. The second-order valence-corrected chi connectivity index (χ2v) is 6.02. The summed E-state index contributed by atoms with van der Waals surface area (Å²) in [7, 11) is 0. The summed E-state index contributed by atoms with van der Waals surface area (Å²) in [5, 5.41) is 17.9. The van der Waals surface area contributed by atoms with Gasteiger partial charge in [0.1, 0.15) is 6.04 Å². The standard InChI is InChI=1S/C14H19NO6/c16-10-7-14(4-2-1-3-5-14)8-11(17)15(10)9(13(20)21)6-12(18)19/h9H,1-8H2,(H,18,19)(H,20,21). The van der Waals surface area contributed by atoms with Gasteiger partial charge in [0.2, 0.25) is 11.8 Å². The van der Waals surface area contributed by atoms with Gasteiger partial charge in [-0.1, -0.05) is 19.3 Å². The van der Waals surface area contributed by atoms with Crippen LogP contribution in [0.5, 0.6) is 0 Å². The molecule has 1 heterocycles. The number of amides is 2. The van der Waals surface area contributed by atoms with E-state index < -0.39 is 36.2 Å². The lowest BCUT2D eigenvalue weighted by Gasteiger charge is -2.43. The van der Waals surface area contributed by atoms with Gasteiger partial charge in [0.25, 0.3) is 0 Å². The summed E-state index contributed by atoms with van der Waals surface area (Å²) in [5.74, 6) is -3.91. The Morgan fingerprint density at radius 3 is 2.00 bits per heavy atom. The molecule has 7 heteroatoms. The molecular formula is C14H19NO6. The molecule has 116 valence electrons. The Balaban J connectivity index is 2.18. The minimum Gasteiger partial charge on any atom is -0.481 e. The molecule has 1 aliphatic carbocycles. The van der Waals surface area contributed by atoms with Crippen LogP contribution in [0.3, 0.4) is 0 Å². The van der Waals surface area contributed by atoms with Crippen LogP contribution < -0.4 is 0 Å². The first-order chi connectivity index (χ1) is 9.84. The SMILES string of the molecule is O=C(O)CC(C(=O)O)N1C(=O)CC2(CCCCC2)CC1=O. The Morgan fingerprint density at radius 1 is 1.05 bits per heavy atom. The van der Waals surface area contributed by atoms with E-state index in [-0.39, 0.29) is 18.3 Å². The molecule has 2 fully saturated rings. The molecule has 2 rings (SSSR count). The van der Waals surface area contributed by atoms with Crippen LogP contribution in [0.2, 0.25) is 0 Å². The number of imide groups is 1. The van der Waals surface area contributed by atoms with Gasteiger partial charge in [-0.2, -0.15) is 0 Å². The van der Waals surface area contributed by atoms with Crippen LogP contribution in [0.1, 0.15) is 51.4 Å². The lowest BCUT2D eigenvalue weighted by atomic mass is 9.67. The van der Waals surface area contributed by atoms with Crippen LogP contribution in [-0.2, 0) is 19.2 Å². The molecule has 0 bridgehead atoms. The van der Waals surface area contributed by atoms with E-state index in [2.05, 4.69) is 0 Å². The maximum absolute atomic E-state index is 12.3. The fourth-order valence-corrected chi connectivity index (χ4v) is 3.47. The van der Waals surface area contributed by atoms with Gasteiger partial charge in [-0.15, -0.1) is 0 Å². The molecule has 2 N–H and O–H groups in total. The van der Waals surface area contributed by atoms with Crippen LogP contribution in [-0.4, -0.2) is 44.9 Å². The Hall–Kier alpha value is -1.92. The third-order valence-electron chi connectivity index (χ3n) is 4.47. The van der Waals surface area contributed by atoms with E-state index in [9.17, 15) is 19.2 Å². The third-order valence-corrected chi connectivity index (χ3v) is 4.47. The Kier molecular flexibility index (Phi) is 4.29. The van der Waals surface area contributed by atoms with Crippen LogP contribution in [0, 0.1) is 5.41 Å². The number of carboxylic acids is 2. The Labute approximate surface area is 121 Å². The van der Waals surface area contributed by atoms with E-state index in [0.29, 0.717) is 4.90 Å². The van der Waals surface area contributed by atoms with Crippen molar-refractivity contribution in [3.63, 3.8) is 0 Å². The van der Waals surface area contributed by atoms with E-state index in [1.807, 2.05) is 0 Å². The van der Waals surface area contributed by atoms with Gasteiger partial charge in [-0.25, -0.2) is 4.79 Å². The minimum absolute atomic E-state index is 0.141. The molecule has 0 aromatic carbocycles. The van der Waals surface area contributed by atoms with Crippen molar-refractivity contribution >= 4 is 23.8 Å². The molecule has 1 saturated carbocycles. The van der Waals surface area contributed by atoms with Crippen LogP contribution in [0.25, 0.3) is 0 Å². The lowest BCUT2D eigenvalue weighted by Crippen LogP contribution is -2.55. The monoisotopic (exact) mass is 297 g/mol. The zero-order chi connectivity index (χ0) is 15.6. The van der Waals surface area contributed by atoms with Gasteiger partial charge < -0.3 is 10.2 Å². The van der Waals surface area contributed by atoms with Gasteiger partial charge in [0.15, 0.2) is 0 Å². The number of rotatable bonds is 4. The molecule has 0 radical (unpaired) electrons. The topological polar surface area (TPSA) is 112 Å². The van der Waals surface area contributed by atoms with E-state index in [0.717, 1.165) is 32.1 Å². The van der Waals surface area contributed by atoms with Crippen molar-refractivity contribution in [3.8, 4) is 0 Å². The van der Waals surface area contributed by atoms with Crippen molar-refractivity contribution in [3.05, 3.63) is 0 Å². The molecule has 1 spiro atoms. The van der Waals surface area contributed by atoms with Crippen LogP contribution in [0.4, 0.5) is 0 Å². The quantitative estimate of drug-likeness (QED) is 0.749. The zero-order valence-electron chi connectivity index (χ0n) is 11.7. The summed E-state index contributed by atoms with van der Waals surface area (Å²) >= 11 is 0. The highest BCUT2D eigenvalue weighted by atomic mass is 16.4. The summed E-state index contributed by atoms with van der Waals surface area (Å²) in [6.07, 6.45) is 4.15. The van der Waals surface area contributed by atoms with Crippen molar-refractivity contribution < 1.29 is 29.4 Å². The number of carboxylic acid groups (broad SMARTS) is 2. The fraction of sp³-hybridized carbons (Fsp3) is 0.714. The summed E-state index contributed by atoms with van der Waals surface area (Å²) in [6, 6.07) is -1.61. The largest absolute Gasteiger partial charge is 0.481 e. The first kappa shape index (κ1) is 15.5. The Morgan fingerprint density at radius 2 is 1.57 bits per heavy atom. The first-order valence-electron chi connectivity index (χ1n) is 7.14. The van der Waals surface area contributed by atoms with E-state index in [1.54, 1.807) is 0 Å². The van der Waals surface area contributed by atoms with E-state index in [1.165, 1.54) is 0 Å². The van der Waals surface area contributed by atoms with E-state index >= 15 is 0 Å². The number of hydrogen-bond acceptors (Lipinski definition) is 4. The second kappa shape index (κ2) is 5.83. The van der Waals surface area contributed by atoms with Crippen molar-refractivity contribution in [1.29, 1.82) is 0 Å². The normalized spacial score (nSPS) is 23.1. The molecule has 1 aliphatic heterocycles. The maximum Gasteiger partial charge on any atom is 0.327 e. The van der Waals surface area contributed by atoms with Gasteiger partial charge >= 0.3 is 11.9 Å². The predicted molar refractivity (Wildman–Crippen MR) is 70.3 cm³/mol. The van der Waals surface area contributed by atoms with Crippen molar-refractivity contribution in [2.45, 2.75) is 57.4 Å². The van der Waals surface area contributed by atoms with Crippen molar-refractivity contribution in [1.82, 2.24) is 4.90 Å². The first-order valence-corrected chi connectivity index (χ1v) is 7.14. The smallest absolute Gasteiger partial charge is 0.327 e. The molecular weight excluding hydrogens is 278 g/mol. The molecule has 0 aromatic rings. The van der Waals surface area contributed by atoms with Gasteiger partial charge in [-0.3, -0.25) is 19.3 Å². The minimum atomic E-state index is -1.61. The number of piperidine rings is 1. The highest BCUT2D eigenvalue weighted by Gasteiger charge is 2.47. The molecule has 21 heavy (non-hydrogen) atoms. The maximum atomic E-state index is 12.3. The van der Waals surface area contributed by atoms with Crippen LogP contribution >= 0.6 is 0 Å². The molecule has 2 amide bonds. The number of likely N-dealkylation sites (tertiary alicyclic amines) is 1. The molecule has 0 aromatic heterocycles. The third kappa shape index (κ3) is 3.22. The summed E-state index contributed by atoms with van der Waals surface area (Å²) < 4.78 is 0. The number of aliphatic carboxylic acids is 2. The fourth-order valence-electron chi connectivity index (χ4n) is 3.47. The second-order valence-electron chi connectivity index (χ2n) is 6.02. The number of nitrogens with zero attached hydrogens (tertiary/aromatic N) is 1. The average Bonchev–Trinajstić information content (AvgIpc) is 2.36. The highest BCUT2D eigenvalue weighted by molar-refractivity contribution is 6.02. The zero-order valence-corrected chi connectivity index (χ0v) is 11.7. The molecule has 1 atom stereocenters. The number of carbonyl (C=O) groups is 4. The summed E-state index contributed by atoms with van der Waals surface area (Å²) in [6.45, 7) is 0. The summed E-state index contributed by atoms with van der Waals surface area (Å²) in [5.41, 5.74) is -0.338. The lowest BCUT2D eigenvalue weighted by molar-refractivity contribution is -0.166. The van der Waals surface area contributed by atoms with Crippen LogP contribution in [0.15, 0.2) is 0 Å². The van der Waals surface area contributed by atoms with Crippen molar-refractivity contribution in [2.75, 3.05) is 0 Å².